The lowest BCUT2D eigenvalue weighted by atomic mass is 9.82. The third kappa shape index (κ3) is 1.91. The van der Waals surface area contributed by atoms with Gasteiger partial charge in [0.2, 0.25) is 0 Å². The number of hydrogen-bond donors (Lipinski definition) is 1. The van der Waals surface area contributed by atoms with Gasteiger partial charge < -0.3 is 14.6 Å². The Bertz CT molecular complexity index is 443. The largest absolute Gasteiger partial charge is 0.496 e. The van der Waals surface area contributed by atoms with Crippen LogP contribution in [-0.4, -0.2) is 24.4 Å². The minimum Gasteiger partial charge on any atom is -0.496 e. The topological polar surface area (TPSA) is 38.7 Å². The van der Waals surface area contributed by atoms with Gasteiger partial charge in [-0.2, -0.15) is 0 Å². The van der Waals surface area contributed by atoms with Gasteiger partial charge in [-0.05, 0) is 31.9 Å². The maximum atomic E-state index is 11.0. The number of fused-ring (bicyclic) bond motifs is 2. The second-order valence-corrected chi connectivity index (χ2v) is 5.60. The summed E-state index contributed by atoms with van der Waals surface area (Å²) in [6, 6.07) is 6.00. The van der Waals surface area contributed by atoms with Gasteiger partial charge in [-0.25, -0.2) is 0 Å². The van der Waals surface area contributed by atoms with Crippen LogP contribution in [-0.2, 0) is 10.3 Å². The summed E-state index contributed by atoms with van der Waals surface area (Å²) < 4.78 is 11.2. The fourth-order valence-corrected chi connectivity index (χ4v) is 3.32. The first-order valence-corrected chi connectivity index (χ1v) is 6.64. The number of aliphatic hydroxyl groups is 1. The van der Waals surface area contributed by atoms with E-state index in [-0.39, 0.29) is 12.2 Å². The second-order valence-electron chi connectivity index (χ2n) is 5.60. The lowest BCUT2D eigenvalue weighted by Gasteiger charge is -2.37. The van der Waals surface area contributed by atoms with E-state index in [1.807, 2.05) is 25.1 Å². The molecule has 0 amide bonds. The van der Waals surface area contributed by atoms with Gasteiger partial charge in [-0.15, -0.1) is 0 Å². The highest BCUT2D eigenvalue weighted by molar-refractivity contribution is 5.41. The third-order valence-corrected chi connectivity index (χ3v) is 4.18. The smallest absolute Gasteiger partial charge is 0.124 e. The predicted molar refractivity (Wildman–Crippen MR) is 68.8 cm³/mol. The Labute approximate surface area is 108 Å². The Morgan fingerprint density at radius 3 is 2.56 bits per heavy atom. The van der Waals surface area contributed by atoms with Crippen molar-refractivity contribution in [2.24, 2.45) is 0 Å². The highest BCUT2D eigenvalue weighted by Crippen LogP contribution is 2.46. The molecule has 2 saturated heterocycles. The van der Waals surface area contributed by atoms with Crippen LogP contribution < -0.4 is 4.74 Å². The van der Waals surface area contributed by atoms with Crippen LogP contribution in [0.25, 0.3) is 0 Å². The molecule has 3 heteroatoms. The molecular formula is C15H20O3. The molecule has 0 saturated carbocycles. The summed E-state index contributed by atoms with van der Waals surface area (Å²) in [5, 5.41) is 11.0. The quantitative estimate of drug-likeness (QED) is 0.874. The monoisotopic (exact) mass is 248 g/mol. The van der Waals surface area contributed by atoms with Crippen LogP contribution in [0.1, 0.15) is 36.8 Å². The first-order chi connectivity index (χ1) is 8.60. The fourth-order valence-electron chi connectivity index (χ4n) is 3.32. The van der Waals surface area contributed by atoms with Gasteiger partial charge >= 0.3 is 0 Å². The van der Waals surface area contributed by atoms with Gasteiger partial charge in [0.25, 0.3) is 0 Å². The van der Waals surface area contributed by atoms with Crippen molar-refractivity contribution < 1.29 is 14.6 Å². The van der Waals surface area contributed by atoms with E-state index in [9.17, 15) is 5.11 Å². The van der Waals surface area contributed by atoms with E-state index in [4.69, 9.17) is 9.47 Å². The summed E-state index contributed by atoms with van der Waals surface area (Å²) >= 11 is 0. The molecule has 2 fully saturated rings. The molecule has 1 aromatic carbocycles. The molecule has 2 heterocycles. The second kappa shape index (κ2) is 4.25. The summed E-state index contributed by atoms with van der Waals surface area (Å²) in [6.45, 7) is 2.04. The minimum atomic E-state index is -0.790. The van der Waals surface area contributed by atoms with Gasteiger partial charge in [0.15, 0.2) is 0 Å². The molecular weight excluding hydrogens is 228 g/mol. The van der Waals surface area contributed by atoms with Crippen LogP contribution in [0, 0.1) is 6.92 Å². The first kappa shape index (κ1) is 12.0. The Morgan fingerprint density at radius 2 is 1.94 bits per heavy atom. The summed E-state index contributed by atoms with van der Waals surface area (Å²) in [5.41, 5.74) is 1.28. The van der Waals surface area contributed by atoms with E-state index in [0.29, 0.717) is 12.8 Å². The van der Waals surface area contributed by atoms with Crippen molar-refractivity contribution in [1.29, 1.82) is 0 Å². The van der Waals surface area contributed by atoms with Crippen LogP contribution in [0.2, 0.25) is 0 Å². The van der Waals surface area contributed by atoms with Gasteiger partial charge in [-0.3, -0.25) is 0 Å². The Hall–Kier alpha value is -1.06. The van der Waals surface area contributed by atoms with E-state index in [1.54, 1.807) is 7.11 Å². The maximum absolute atomic E-state index is 11.0. The standard InChI is InChI=1S/C15H20O3/c1-10-3-6-14(17-2)13(7-10)15(16)8-11-4-5-12(9-15)18-11/h3,6-7,11-12,16H,4-5,8-9H2,1-2H3. The summed E-state index contributed by atoms with van der Waals surface area (Å²) in [5.74, 6) is 0.782. The highest BCUT2D eigenvalue weighted by Gasteiger charge is 2.45. The molecule has 0 spiro atoms. The molecule has 2 aliphatic heterocycles. The van der Waals surface area contributed by atoms with Crippen molar-refractivity contribution in [3.8, 4) is 5.75 Å². The Morgan fingerprint density at radius 1 is 1.28 bits per heavy atom. The molecule has 2 unspecified atom stereocenters. The van der Waals surface area contributed by atoms with Gasteiger partial charge in [-0.1, -0.05) is 11.6 Å². The van der Waals surface area contributed by atoms with Crippen molar-refractivity contribution >= 4 is 0 Å². The zero-order valence-corrected chi connectivity index (χ0v) is 11.0. The predicted octanol–water partition coefficient (Wildman–Crippen LogP) is 2.53. The molecule has 2 bridgehead atoms. The van der Waals surface area contributed by atoms with Crippen LogP contribution in [0.15, 0.2) is 18.2 Å². The minimum absolute atomic E-state index is 0.207. The summed E-state index contributed by atoms with van der Waals surface area (Å²) in [4.78, 5) is 0. The van der Waals surface area contributed by atoms with Crippen molar-refractivity contribution in [1.82, 2.24) is 0 Å². The van der Waals surface area contributed by atoms with Crippen molar-refractivity contribution in [3.05, 3.63) is 29.3 Å². The first-order valence-electron chi connectivity index (χ1n) is 6.64. The van der Waals surface area contributed by atoms with Gasteiger partial charge in [0, 0.05) is 18.4 Å². The van der Waals surface area contributed by atoms with Crippen molar-refractivity contribution in [2.75, 3.05) is 7.11 Å². The molecule has 1 aromatic rings. The molecule has 1 N–H and O–H groups in total. The molecule has 2 atom stereocenters. The molecule has 3 rings (SSSR count). The van der Waals surface area contributed by atoms with Crippen LogP contribution in [0.4, 0.5) is 0 Å². The van der Waals surface area contributed by atoms with E-state index in [1.165, 1.54) is 0 Å². The maximum Gasteiger partial charge on any atom is 0.124 e. The molecule has 0 aromatic heterocycles. The zero-order chi connectivity index (χ0) is 12.8. The molecule has 0 aliphatic carbocycles. The van der Waals surface area contributed by atoms with Gasteiger partial charge in [0.1, 0.15) is 5.75 Å². The van der Waals surface area contributed by atoms with E-state index >= 15 is 0 Å². The lowest BCUT2D eigenvalue weighted by Crippen LogP contribution is -2.39. The average molecular weight is 248 g/mol. The highest BCUT2D eigenvalue weighted by atomic mass is 16.5. The zero-order valence-electron chi connectivity index (χ0n) is 11.0. The normalized spacial score (nSPS) is 34.6. The van der Waals surface area contributed by atoms with Crippen LogP contribution in [0.3, 0.4) is 0 Å². The van der Waals surface area contributed by atoms with E-state index in [2.05, 4.69) is 0 Å². The molecule has 98 valence electrons. The third-order valence-electron chi connectivity index (χ3n) is 4.18. The Balaban J connectivity index is 2.00. The summed E-state index contributed by atoms with van der Waals surface area (Å²) in [6.07, 6.45) is 3.92. The number of benzene rings is 1. The van der Waals surface area contributed by atoms with Crippen molar-refractivity contribution in [2.45, 2.75) is 50.4 Å². The number of ether oxygens (including phenoxy) is 2. The number of hydrogen-bond acceptors (Lipinski definition) is 3. The molecule has 3 nitrogen and oxygen atoms in total. The molecule has 0 radical (unpaired) electrons. The van der Waals surface area contributed by atoms with Gasteiger partial charge in [0.05, 0.1) is 24.9 Å². The number of rotatable bonds is 2. The summed E-state index contributed by atoms with van der Waals surface area (Å²) in [7, 11) is 1.66. The Kier molecular flexibility index (Phi) is 2.83. The van der Waals surface area contributed by atoms with E-state index in [0.717, 1.165) is 29.7 Å². The fraction of sp³-hybridized carbons (Fsp3) is 0.600. The molecule has 2 aliphatic rings. The number of methoxy groups -OCH3 is 1. The van der Waals surface area contributed by atoms with Crippen LogP contribution >= 0.6 is 0 Å². The van der Waals surface area contributed by atoms with Crippen molar-refractivity contribution in [3.63, 3.8) is 0 Å². The lowest BCUT2D eigenvalue weighted by molar-refractivity contribution is -0.116. The SMILES string of the molecule is COc1ccc(C)cc1C1(O)CC2CCC(C1)O2. The number of aryl methyl sites for hydroxylation is 1. The van der Waals surface area contributed by atoms with Crippen LogP contribution in [0.5, 0.6) is 5.75 Å². The average Bonchev–Trinajstić information content (AvgIpc) is 2.69. The van der Waals surface area contributed by atoms with E-state index < -0.39 is 5.60 Å². The molecule has 18 heavy (non-hydrogen) atoms.